The molecule has 0 aliphatic heterocycles. The number of nitrogens with one attached hydrogen (secondary N) is 1. The Hall–Kier alpha value is -2.55. The molecule has 1 N–H and O–H groups in total. The number of amides is 2. The van der Waals surface area contributed by atoms with E-state index >= 15 is 0 Å². The lowest BCUT2D eigenvalue weighted by atomic mass is 10.2. The molecule has 1 rings (SSSR count). The van der Waals surface area contributed by atoms with Crippen molar-refractivity contribution < 1.29 is 14.3 Å². The summed E-state index contributed by atoms with van der Waals surface area (Å²) in [5, 5.41) is 10.5. The predicted molar refractivity (Wildman–Crippen MR) is 68.1 cm³/mol. The Morgan fingerprint density at radius 1 is 1.42 bits per heavy atom. The molecular weight excluding hydrogens is 246 g/mol. The van der Waals surface area contributed by atoms with Gasteiger partial charge in [0.2, 0.25) is 0 Å². The van der Waals surface area contributed by atoms with E-state index in [0.717, 1.165) is 5.56 Å². The zero-order valence-electron chi connectivity index (χ0n) is 10.8. The Kier molecular flexibility index (Phi) is 5.35. The lowest BCUT2D eigenvalue weighted by Crippen LogP contribution is -2.40. The van der Waals surface area contributed by atoms with E-state index in [2.05, 4.69) is 5.32 Å². The molecule has 0 saturated carbocycles. The maximum absolute atomic E-state index is 11.7. The van der Waals surface area contributed by atoms with E-state index in [4.69, 9.17) is 10.00 Å². The number of benzene rings is 1. The third-order valence-corrected chi connectivity index (χ3v) is 2.47. The molecule has 1 aromatic carbocycles. The molecule has 0 bridgehead atoms. The lowest BCUT2D eigenvalue weighted by Gasteiger charge is -2.17. The van der Waals surface area contributed by atoms with Crippen LogP contribution in [0.2, 0.25) is 0 Å². The van der Waals surface area contributed by atoms with E-state index in [1.165, 1.54) is 11.9 Å². The van der Waals surface area contributed by atoms with E-state index < -0.39 is 11.8 Å². The molecule has 100 valence electrons. The zero-order valence-corrected chi connectivity index (χ0v) is 10.8. The molecular formula is C13H15N3O3. The summed E-state index contributed by atoms with van der Waals surface area (Å²) in [6, 6.07) is 8.98. The molecule has 0 radical (unpaired) electrons. The van der Waals surface area contributed by atoms with Crippen molar-refractivity contribution in [1.29, 1.82) is 5.26 Å². The van der Waals surface area contributed by atoms with E-state index in [-0.39, 0.29) is 13.1 Å². The van der Waals surface area contributed by atoms with Crippen LogP contribution in [-0.2, 0) is 16.1 Å². The molecule has 6 heteroatoms. The topological polar surface area (TPSA) is 82.4 Å². The first-order chi connectivity index (χ1) is 9.10. The highest BCUT2D eigenvalue weighted by atomic mass is 16.5. The molecule has 1 aromatic rings. The van der Waals surface area contributed by atoms with Gasteiger partial charge in [-0.2, -0.15) is 5.26 Å². The van der Waals surface area contributed by atoms with Crippen molar-refractivity contribution in [3.63, 3.8) is 0 Å². The molecule has 0 spiro atoms. The van der Waals surface area contributed by atoms with Gasteiger partial charge in [0.15, 0.2) is 0 Å². The monoisotopic (exact) mass is 261 g/mol. The number of likely N-dealkylation sites (N-methyl/N-ethyl adjacent to an activating group) is 1. The number of ether oxygens (including phenoxy) is 1. The van der Waals surface area contributed by atoms with Gasteiger partial charge >= 0.3 is 11.8 Å². The molecule has 0 unspecified atom stereocenters. The summed E-state index contributed by atoms with van der Waals surface area (Å²) in [4.78, 5) is 24.4. The Morgan fingerprint density at radius 3 is 2.74 bits per heavy atom. The van der Waals surface area contributed by atoms with Gasteiger partial charge in [-0.25, -0.2) is 0 Å². The normalized spacial score (nSPS) is 9.32. The molecule has 0 heterocycles. The zero-order chi connectivity index (χ0) is 14.3. The standard InChI is InChI=1S/C13H15N3O3/c1-16(13(18)12(17)15-8-7-14)9-10-5-3-4-6-11(10)19-2/h3-6H,8-9H2,1-2H3,(H,15,17). The van der Waals surface area contributed by atoms with Crippen LogP contribution in [0.5, 0.6) is 5.75 Å². The molecule has 0 aliphatic rings. The third-order valence-electron chi connectivity index (χ3n) is 2.47. The highest BCUT2D eigenvalue weighted by Gasteiger charge is 2.19. The Labute approximate surface area is 111 Å². The van der Waals surface area contributed by atoms with Gasteiger partial charge < -0.3 is 15.0 Å². The predicted octanol–water partition coefficient (Wildman–Crippen LogP) is 0.293. The number of nitriles is 1. The summed E-state index contributed by atoms with van der Waals surface area (Å²) in [5.41, 5.74) is 0.800. The van der Waals surface area contributed by atoms with Crippen molar-refractivity contribution in [2.45, 2.75) is 6.54 Å². The van der Waals surface area contributed by atoms with Gasteiger partial charge in [0.05, 0.1) is 13.2 Å². The SMILES string of the molecule is COc1ccccc1CN(C)C(=O)C(=O)NCC#N. The van der Waals surface area contributed by atoms with Crippen LogP contribution in [0.1, 0.15) is 5.56 Å². The first-order valence-corrected chi connectivity index (χ1v) is 5.62. The summed E-state index contributed by atoms with van der Waals surface area (Å²) in [5.74, 6) is -0.834. The van der Waals surface area contributed by atoms with Crippen molar-refractivity contribution >= 4 is 11.8 Å². The van der Waals surface area contributed by atoms with Crippen LogP contribution in [-0.4, -0.2) is 37.4 Å². The second-order valence-corrected chi connectivity index (χ2v) is 3.81. The molecule has 0 atom stereocenters. The van der Waals surface area contributed by atoms with E-state index in [1.807, 2.05) is 18.2 Å². The molecule has 0 aliphatic carbocycles. The Balaban J connectivity index is 2.69. The van der Waals surface area contributed by atoms with Gasteiger partial charge in [-0.1, -0.05) is 18.2 Å². The van der Waals surface area contributed by atoms with Gasteiger partial charge in [-0.3, -0.25) is 9.59 Å². The number of rotatable bonds is 4. The Bertz CT molecular complexity index is 508. The number of para-hydroxylation sites is 1. The minimum Gasteiger partial charge on any atom is -0.496 e. The van der Waals surface area contributed by atoms with Crippen molar-refractivity contribution in [1.82, 2.24) is 10.2 Å². The summed E-state index contributed by atoms with van der Waals surface area (Å²) in [6.45, 7) is 0.0654. The van der Waals surface area contributed by atoms with Gasteiger partial charge in [0.25, 0.3) is 0 Å². The number of methoxy groups -OCH3 is 1. The smallest absolute Gasteiger partial charge is 0.311 e. The average Bonchev–Trinajstić information content (AvgIpc) is 2.44. The van der Waals surface area contributed by atoms with Crippen LogP contribution >= 0.6 is 0 Å². The molecule has 2 amide bonds. The molecule has 19 heavy (non-hydrogen) atoms. The van der Waals surface area contributed by atoms with Gasteiger partial charge in [0.1, 0.15) is 12.3 Å². The van der Waals surface area contributed by atoms with Crippen molar-refractivity contribution in [3.8, 4) is 11.8 Å². The van der Waals surface area contributed by atoms with Crippen LogP contribution in [0.3, 0.4) is 0 Å². The van der Waals surface area contributed by atoms with E-state index in [1.54, 1.807) is 19.2 Å². The van der Waals surface area contributed by atoms with Crippen LogP contribution < -0.4 is 10.1 Å². The number of carbonyl (C=O) groups excluding carboxylic acids is 2. The molecule has 0 fully saturated rings. The largest absolute Gasteiger partial charge is 0.496 e. The fourth-order valence-electron chi connectivity index (χ4n) is 1.53. The average molecular weight is 261 g/mol. The van der Waals surface area contributed by atoms with Crippen LogP contribution in [0.15, 0.2) is 24.3 Å². The van der Waals surface area contributed by atoms with E-state index in [0.29, 0.717) is 5.75 Å². The summed E-state index contributed by atoms with van der Waals surface area (Å²) >= 11 is 0. The Morgan fingerprint density at radius 2 is 2.11 bits per heavy atom. The van der Waals surface area contributed by atoms with Crippen LogP contribution in [0, 0.1) is 11.3 Å². The van der Waals surface area contributed by atoms with E-state index in [9.17, 15) is 9.59 Å². The quantitative estimate of drug-likeness (QED) is 0.624. The second-order valence-electron chi connectivity index (χ2n) is 3.81. The molecule has 6 nitrogen and oxygen atoms in total. The molecule has 0 saturated heterocycles. The minimum absolute atomic E-state index is 0.187. The third kappa shape index (κ3) is 4.00. The fraction of sp³-hybridized carbons (Fsp3) is 0.308. The minimum atomic E-state index is -0.793. The number of nitrogens with zero attached hydrogens (tertiary/aromatic N) is 2. The summed E-state index contributed by atoms with van der Waals surface area (Å²) in [6.07, 6.45) is 0. The van der Waals surface area contributed by atoms with Crippen LogP contribution in [0.4, 0.5) is 0 Å². The number of hydrogen-bond acceptors (Lipinski definition) is 4. The van der Waals surface area contributed by atoms with Crippen molar-refractivity contribution in [2.24, 2.45) is 0 Å². The number of carbonyl (C=O) groups is 2. The maximum atomic E-state index is 11.7. The second kappa shape index (κ2) is 7.01. The number of hydrogen-bond donors (Lipinski definition) is 1. The van der Waals surface area contributed by atoms with Gasteiger partial charge in [0, 0.05) is 19.2 Å². The van der Waals surface area contributed by atoms with Crippen molar-refractivity contribution in [3.05, 3.63) is 29.8 Å². The molecule has 0 aromatic heterocycles. The summed E-state index contributed by atoms with van der Waals surface area (Å²) < 4.78 is 5.17. The summed E-state index contributed by atoms with van der Waals surface area (Å²) in [7, 11) is 3.06. The maximum Gasteiger partial charge on any atom is 0.311 e. The lowest BCUT2D eigenvalue weighted by molar-refractivity contribution is -0.145. The van der Waals surface area contributed by atoms with Gasteiger partial charge in [-0.05, 0) is 6.07 Å². The highest BCUT2D eigenvalue weighted by Crippen LogP contribution is 2.18. The van der Waals surface area contributed by atoms with Gasteiger partial charge in [-0.15, -0.1) is 0 Å². The van der Waals surface area contributed by atoms with Crippen molar-refractivity contribution in [2.75, 3.05) is 20.7 Å². The highest BCUT2D eigenvalue weighted by molar-refractivity contribution is 6.34. The fourth-order valence-corrected chi connectivity index (χ4v) is 1.53. The first-order valence-electron chi connectivity index (χ1n) is 5.62. The van der Waals surface area contributed by atoms with Crippen LogP contribution in [0.25, 0.3) is 0 Å². The first kappa shape index (κ1) is 14.5.